The van der Waals surface area contributed by atoms with Crippen LogP contribution >= 0.6 is 0 Å². The van der Waals surface area contributed by atoms with Crippen LogP contribution in [-0.4, -0.2) is 43.7 Å². The molecule has 0 radical (unpaired) electrons. The van der Waals surface area contributed by atoms with E-state index in [-0.39, 0.29) is 34.5 Å². The number of carbonyl (C=O) groups is 2. The summed E-state index contributed by atoms with van der Waals surface area (Å²) >= 11 is 0. The van der Waals surface area contributed by atoms with Crippen molar-refractivity contribution in [2.75, 3.05) is 13.1 Å². The minimum absolute atomic E-state index is 0.0638. The second-order valence-corrected chi connectivity index (χ2v) is 8.73. The van der Waals surface area contributed by atoms with Gasteiger partial charge in [0.05, 0.1) is 5.56 Å². The van der Waals surface area contributed by atoms with E-state index in [0.717, 1.165) is 30.0 Å². The van der Waals surface area contributed by atoms with Gasteiger partial charge in [0.1, 0.15) is 4.90 Å². The minimum Gasteiger partial charge on any atom is -0.348 e. The van der Waals surface area contributed by atoms with Crippen LogP contribution in [0.25, 0.3) is 0 Å². The van der Waals surface area contributed by atoms with E-state index < -0.39 is 15.9 Å². The van der Waals surface area contributed by atoms with Crippen molar-refractivity contribution < 1.29 is 18.0 Å². The van der Waals surface area contributed by atoms with E-state index in [2.05, 4.69) is 5.32 Å². The van der Waals surface area contributed by atoms with E-state index >= 15 is 0 Å². The molecule has 2 aliphatic rings. The zero-order chi connectivity index (χ0) is 18.9. The minimum atomic E-state index is -3.88. The fourth-order valence-electron chi connectivity index (χ4n) is 3.89. The van der Waals surface area contributed by atoms with Gasteiger partial charge in [0.25, 0.3) is 21.8 Å². The molecule has 1 saturated carbocycles. The molecule has 1 heterocycles. The number of amides is 2. The SMILES string of the molecule is CCN1C(=O)c2ccc(C(=O)NC(CN)C3CCCCC3)cc2S1(=O)=O. The lowest BCUT2D eigenvalue weighted by Gasteiger charge is -2.30. The van der Waals surface area contributed by atoms with Gasteiger partial charge in [-0.3, -0.25) is 9.59 Å². The lowest BCUT2D eigenvalue weighted by molar-refractivity contribution is 0.0872. The number of hydrogen-bond donors (Lipinski definition) is 2. The first-order valence-corrected chi connectivity index (χ1v) is 10.6. The fourth-order valence-corrected chi connectivity index (χ4v) is 5.49. The summed E-state index contributed by atoms with van der Waals surface area (Å²) in [6.07, 6.45) is 5.58. The molecular weight excluding hydrogens is 354 g/mol. The maximum atomic E-state index is 12.6. The molecule has 7 nitrogen and oxygen atoms in total. The fraction of sp³-hybridized carbons (Fsp3) is 0.556. The molecule has 0 spiro atoms. The van der Waals surface area contributed by atoms with Crippen molar-refractivity contribution in [3.05, 3.63) is 29.3 Å². The molecule has 1 aliphatic heterocycles. The highest BCUT2D eigenvalue weighted by Gasteiger charge is 2.40. The molecule has 1 fully saturated rings. The first kappa shape index (κ1) is 18.8. The highest BCUT2D eigenvalue weighted by Crippen LogP contribution is 2.31. The summed E-state index contributed by atoms with van der Waals surface area (Å²) in [6.45, 7) is 2.01. The van der Waals surface area contributed by atoms with Crippen molar-refractivity contribution in [1.29, 1.82) is 0 Å². The van der Waals surface area contributed by atoms with Crippen molar-refractivity contribution in [3.63, 3.8) is 0 Å². The average molecular weight is 379 g/mol. The Morgan fingerprint density at radius 1 is 1.31 bits per heavy atom. The van der Waals surface area contributed by atoms with Gasteiger partial charge in [-0.15, -0.1) is 0 Å². The van der Waals surface area contributed by atoms with Gasteiger partial charge in [0.2, 0.25) is 0 Å². The van der Waals surface area contributed by atoms with Crippen molar-refractivity contribution in [2.24, 2.45) is 11.7 Å². The largest absolute Gasteiger partial charge is 0.348 e. The van der Waals surface area contributed by atoms with E-state index in [0.29, 0.717) is 12.5 Å². The standard InChI is InChI=1S/C18H25N3O4S/c1-2-21-18(23)14-9-8-13(10-16(14)26(21,24)25)17(22)20-15(11-19)12-6-4-3-5-7-12/h8-10,12,15H,2-7,11,19H2,1H3,(H,20,22). The summed E-state index contributed by atoms with van der Waals surface area (Å²) in [5.74, 6) is -0.545. The van der Waals surface area contributed by atoms with Crippen molar-refractivity contribution >= 4 is 21.8 Å². The number of benzene rings is 1. The molecule has 2 amide bonds. The predicted octanol–water partition coefficient (Wildman–Crippen LogP) is 1.49. The quantitative estimate of drug-likeness (QED) is 0.805. The summed E-state index contributed by atoms with van der Waals surface area (Å²) in [6, 6.07) is 4.08. The Morgan fingerprint density at radius 3 is 2.62 bits per heavy atom. The molecule has 1 unspecified atom stereocenters. The molecule has 3 rings (SSSR count). The number of nitrogens with one attached hydrogen (secondary N) is 1. The van der Waals surface area contributed by atoms with Gasteiger partial charge in [-0.05, 0) is 43.9 Å². The predicted molar refractivity (Wildman–Crippen MR) is 97.2 cm³/mol. The second-order valence-electron chi connectivity index (χ2n) is 6.90. The third-order valence-corrected chi connectivity index (χ3v) is 7.24. The van der Waals surface area contributed by atoms with Gasteiger partial charge < -0.3 is 11.1 Å². The van der Waals surface area contributed by atoms with Crippen LogP contribution in [0.4, 0.5) is 0 Å². The first-order chi connectivity index (χ1) is 12.4. The number of carbonyl (C=O) groups excluding carboxylic acids is 2. The Labute approximate surface area is 154 Å². The lowest BCUT2D eigenvalue weighted by Crippen LogP contribution is -2.45. The van der Waals surface area contributed by atoms with Crippen LogP contribution in [0.15, 0.2) is 23.1 Å². The van der Waals surface area contributed by atoms with E-state index in [1.807, 2.05) is 0 Å². The number of hydrogen-bond acceptors (Lipinski definition) is 5. The summed E-state index contributed by atoms with van der Waals surface area (Å²) < 4.78 is 25.8. The Morgan fingerprint density at radius 2 is 2.00 bits per heavy atom. The smallest absolute Gasteiger partial charge is 0.268 e. The van der Waals surface area contributed by atoms with Crippen molar-refractivity contribution in [3.8, 4) is 0 Å². The maximum absolute atomic E-state index is 12.6. The Bertz CT molecular complexity index is 816. The van der Waals surface area contributed by atoms with Crippen LogP contribution in [0.2, 0.25) is 0 Å². The molecule has 1 aliphatic carbocycles. The Hall–Kier alpha value is -1.93. The molecule has 26 heavy (non-hydrogen) atoms. The van der Waals surface area contributed by atoms with Crippen LogP contribution in [-0.2, 0) is 10.0 Å². The van der Waals surface area contributed by atoms with E-state index in [1.165, 1.54) is 24.6 Å². The third-order valence-electron chi connectivity index (χ3n) is 5.35. The Balaban J connectivity index is 1.83. The molecule has 1 atom stereocenters. The van der Waals surface area contributed by atoms with Gasteiger partial charge >= 0.3 is 0 Å². The third kappa shape index (κ3) is 3.23. The summed E-state index contributed by atoms with van der Waals surface area (Å²) in [5.41, 5.74) is 6.20. The highest BCUT2D eigenvalue weighted by molar-refractivity contribution is 7.90. The molecule has 0 bridgehead atoms. The van der Waals surface area contributed by atoms with Gasteiger partial charge in [-0.25, -0.2) is 12.7 Å². The lowest BCUT2D eigenvalue weighted by atomic mass is 9.84. The van der Waals surface area contributed by atoms with Gasteiger partial charge in [-0.2, -0.15) is 0 Å². The Kier molecular flexibility index (Phi) is 5.34. The average Bonchev–Trinajstić information content (AvgIpc) is 2.85. The topological polar surface area (TPSA) is 110 Å². The second kappa shape index (κ2) is 7.36. The summed E-state index contributed by atoms with van der Waals surface area (Å²) in [4.78, 5) is 24.7. The highest BCUT2D eigenvalue weighted by atomic mass is 32.2. The monoisotopic (exact) mass is 379 g/mol. The molecule has 0 saturated heterocycles. The summed E-state index contributed by atoms with van der Waals surface area (Å²) in [7, 11) is -3.88. The first-order valence-electron chi connectivity index (χ1n) is 9.12. The van der Waals surface area contributed by atoms with Gasteiger partial charge in [-0.1, -0.05) is 19.3 Å². The van der Waals surface area contributed by atoms with Crippen LogP contribution < -0.4 is 11.1 Å². The van der Waals surface area contributed by atoms with Crippen LogP contribution in [0.3, 0.4) is 0 Å². The molecular formula is C18H25N3O4S. The molecule has 1 aromatic carbocycles. The zero-order valence-electron chi connectivity index (χ0n) is 14.9. The molecule has 0 aromatic heterocycles. The van der Waals surface area contributed by atoms with Crippen LogP contribution in [0.5, 0.6) is 0 Å². The number of nitrogens with zero attached hydrogens (tertiary/aromatic N) is 1. The van der Waals surface area contributed by atoms with Gasteiger partial charge in [0.15, 0.2) is 0 Å². The van der Waals surface area contributed by atoms with Crippen molar-refractivity contribution in [1.82, 2.24) is 9.62 Å². The summed E-state index contributed by atoms with van der Waals surface area (Å²) in [5, 5.41) is 2.95. The number of rotatable bonds is 5. The van der Waals surface area contributed by atoms with Crippen molar-refractivity contribution in [2.45, 2.75) is 50.0 Å². The normalized spacial score (nSPS) is 20.7. The van der Waals surface area contributed by atoms with E-state index in [4.69, 9.17) is 5.73 Å². The van der Waals surface area contributed by atoms with Gasteiger partial charge in [0, 0.05) is 24.7 Å². The molecule has 3 N–H and O–H groups in total. The van der Waals surface area contributed by atoms with Crippen LogP contribution in [0, 0.1) is 5.92 Å². The van der Waals surface area contributed by atoms with E-state index in [1.54, 1.807) is 6.92 Å². The van der Waals surface area contributed by atoms with Crippen LogP contribution in [0.1, 0.15) is 59.7 Å². The number of fused-ring (bicyclic) bond motifs is 1. The maximum Gasteiger partial charge on any atom is 0.268 e. The number of nitrogens with two attached hydrogens (primary N) is 1. The zero-order valence-corrected chi connectivity index (χ0v) is 15.7. The molecule has 8 heteroatoms. The van der Waals surface area contributed by atoms with E-state index in [9.17, 15) is 18.0 Å². The number of sulfonamides is 1. The molecule has 1 aromatic rings. The molecule has 142 valence electrons.